The van der Waals surface area contributed by atoms with Gasteiger partial charge in [0.05, 0.1) is 29.6 Å². The molecule has 0 radical (unpaired) electrons. The maximum atomic E-state index is 14.7. The van der Waals surface area contributed by atoms with Crippen LogP contribution in [0.3, 0.4) is 0 Å². The van der Waals surface area contributed by atoms with Crippen molar-refractivity contribution in [3.05, 3.63) is 82.9 Å². The Morgan fingerprint density at radius 2 is 1.59 bits per heavy atom. The van der Waals surface area contributed by atoms with Crippen molar-refractivity contribution >= 4 is 23.7 Å². The summed E-state index contributed by atoms with van der Waals surface area (Å²) in [5.41, 5.74) is -5.55. The SMILES string of the molecule is CC(=O)O[C@@]12CO[C@@H]1C[C@H](O)[C@@]1(C)C(=O)[C@H](O)C3=C(C)[C@@H](OC(=O)CCc4ccccc4)C[C@@](O)([C@@H](OC(=O)c4ccccc4)C12)C3(C)C. The molecule has 3 N–H and O–H groups in total. The molecule has 9 atom stereocenters. The predicted octanol–water partition coefficient (Wildman–Crippen LogP) is 3.27. The third-order valence-electron chi connectivity index (χ3n) is 11.7. The van der Waals surface area contributed by atoms with E-state index < -0.39 is 82.2 Å². The first kappa shape index (κ1) is 34.9. The van der Waals surface area contributed by atoms with Crippen LogP contribution in [0.1, 0.15) is 69.8 Å². The van der Waals surface area contributed by atoms with Crippen LogP contribution in [0.2, 0.25) is 0 Å². The lowest BCUT2D eigenvalue weighted by atomic mass is 9.44. The van der Waals surface area contributed by atoms with Gasteiger partial charge in [0.1, 0.15) is 30.0 Å². The summed E-state index contributed by atoms with van der Waals surface area (Å²) < 4.78 is 24.1. The number of carbonyl (C=O) groups is 4. The number of rotatable bonds is 7. The zero-order valence-corrected chi connectivity index (χ0v) is 28.4. The van der Waals surface area contributed by atoms with Crippen LogP contribution in [0.4, 0.5) is 0 Å². The van der Waals surface area contributed by atoms with Gasteiger partial charge in [0.2, 0.25) is 0 Å². The molecule has 3 aliphatic carbocycles. The molecule has 1 heterocycles. The first-order valence-corrected chi connectivity index (χ1v) is 16.7. The summed E-state index contributed by atoms with van der Waals surface area (Å²) in [6, 6.07) is 17.5. The molecule has 1 aliphatic heterocycles. The van der Waals surface area contributed by atoms with Crippen LogP contribution in [-0.4, -0.2) is 87.3 Å². The Labute approximate surface area is 285 Å². The maximum absolute atomic E-state index is 14.7. The van der Waals surface area contributed by atoms with Crippen LogP contribution in [0, 0.1) is 16.7 Å². The van der Waals surface area contributed by atoms with E-state index in [4.69, 9.17) is 18.9 Å². The van der Waals surface area contributed by atoms with E-state index >= 15 is 0 Å². The van der Waals surface area contributed by atoms with Gasteiger partial charge in [-0.15, -0.1) is 0 Å². The Hall–Kier alpha value is -3.90. The molecule has 0 aromatic heterocycles. The molecule has 2 bridgehead atoms. The number of aliphatic hydroxyl groups is 3. The summed E-state index contributed by atoms with van der Waals surface area (Å²) in [6.45, 7) is 7.35. The van der Waals surface area contributed by atoms with E-state index in [1.807, 2.05) is 30.3 Å². The minimum Gasteiger partial charge on any atom is -0.458 e. The molecular weight excluding hydrogens is 632 g/mol. The van der Waals surface area contributed by atoms with E-state index in [-0.39, 0.29) is 37.0 Å². The van der Waals surface area contributed by atoms with Gasteiger partial charge in [-0.2, -0.15) is 0 Å². The van der Waals surface area contributed by atoms with Gasteiger partial charge in [-0.1, -0.05) is 62.4 Å². The Bertz CT molecular complexity index is 1670. The van der Waals surface area contributed by atoms with Gasteiger partial charge in [-0.3, -0.25) is 14.4 Å². The van der Waals surface area contributed by atoms with E-state index in [0.717, 1.165) is 5.56 Å². The number of ketones is 1. The minimum absolute atomic E-state index is 0.0281. The van der Waals surface area contributed by atoms with Crippen LogP contribution in [0.5, 0.6) is 0 Å². The van der Waals surface area contributed by atoms with Gasteiger partial charge in [0, 0.05) is 31.6 Å². The normalized spacial score (nSPS) is 36.2. The smallest absolute Gasteiger partial charge is 0.338 e. The molecule has 262 valence electrons. The van der Waals surface area contributed by atoms with E-state index in [1.165, 1.54) is 26.0 Å². The number of hydrogen-bond acceptors (Lipinski definition) is 11. The van der Waals surface area contributed by atoms with Gasteiger partial charge >= 0.3 is 17.9 Å². The van der Waals surface area contributed by atoms with Crippen molar-refractivity contribution in [3.8, 4) is 0 Å². The molecule has 11 nitrogen and oxygen atoms in total. The molecule has 4 aliphatic rings. The number of carbonyl (C=O) groups excluding carboxylic acids is 4. The molecule has 2 aromatic rings. The second-order valence-corrected chi connectivity index (χ2v) is 14.6. The number of ether oxygens (including phenoxy) is 4. The first-order valence-electron chi connectivity index (χ1n) is 16.7. The fraction of sp³-hybridized carbons (Fsp3) is 0.526. The third kappa shape index (κ3) is 5.42. The van der Waals surface area contributed by atoms with E-state index in [2.05, 4.69) is 0 Å². The van der Waals surface area contributed by atoms with Crippen molar-refractivity contribution < 1.29 is 53.4 Å². The molecule has 6 rings (SSSR count). The lowest BCUT2D eigenvalue weighted by Crippen LogP contribution is -2.81. The van der Waals surface area contributed by atoms with Gasteiger partial charge in [-0.05, 0) is 49.1 Å². The monoisotopic (exact) mass is 676 g/mol. The van der Waals surface area contributed by atoms with Gasteiger partial charge in [0.25, 0.3) is 0 Å². The number of aliphatic hydroxyl groups excluding tert-OH is 2. The Morgan fingerprint density at radius 1 is 0.959 bits per heavy atom. The molecule has 49 heavy (non-hydrogen) atoms. The number of aryl methyl sites for hydroxylation is 1. The summed E-state index contributed by atoms with van der Waals surface area (Å²) in [7, 11) is 0. The average molecular weight is 677 g/mol. The lowest BCUT2D eigenvalue weighted by Gasteiger charge is -2.67. The Morgan fingerprint density at radius 3 is 2.18 bits per heavy atom. The summed E-state index contributed by atoms with van der Waals surface area (Å²) >= 11 is 0. The lowest BCUT2D eigenvalue weighted by molar-refractivity contribution is -0.345. The zero-order valence-electron chi connectivity index (χ0n) is 28.4. The third-order valence-corrected chi connectivity index (χ3v) is 11.7. The van der Waals surface area contributed by atoms with Crippen molar-refractivity contribution in [2.75, 3.05) is 6.61 Å². The minimum atomic E-state index is -2.14. The topological polar surface area (TPSA) is 166 Å². The molecule has 3 fully saturated rings. The number of Topliss-reactive ketones (excluding diaryl/α,β-unsaturated/α-hetero) is 1. The van der Waals surface area contributed by atoms with Crippen LogP contribution < -0.4 is 0 Å². The highest BCUT2D eigenvalue weighted by molar-refractivity contribution is 5.94. The fourth-order valence-electron chi connectivity index (χ4n) is 8.88. The van der Waals surface area contributed by atoms with E-state index in [9.17, 15) is 34.5 Å². The fourth-order valence-corrected chi connectivity index (χ4v) is 8.88. The van der Waals surface area contributed by atoms with Crippen LogP contribution >= 0.6 is 0 Å². The van der Waals surface area contributed by atoms with Crippen molar-refractivity contribution in [2.24, 2.45) is 16.7 Å². The standard InChI is InChI=1S/C38H44O11/c1-21-25(47-28(41)17-16-23-12-8-6-9-13-23)19-38(45)33(48-34(44)24-14-10-7-11-15-24)31-36(5,32(43)30(42)29(21)35(38,3)4)26(40)18-27-37(31,20-46-27)49-22(2)39/h6-15,25-27,30-31,33,40,42,45H,16-20H2,1-5H3/t25-,26-,27+,30+,31?,33-,36+,37-,38+/m0/s1. The van der Waals surface area contributed by atoms with Gasteiger partial charge < -0.3 is 34.3 Å². The highest BCUT2D eigenvalue weighted by Crippen LogP contribution is 2.64. The van der Waals surface area contributed by atoms with Gasteiger partial charge in [0.15, 0.2) is 11.4 Å². The highest BCUT2D eigenvalue weighted by atomic mass is 16.6. The van der Waals surface area contributed by atoms with Crippen LogP contribution in [0.15, 0.2) is 71.8 Å². The molecule has 1 unspecified atom stereocenters. The average Bonchev–Trinajstić information content (AvgIpc) is 3.06. The molecule has 2 aromatic carbocycles. The van der Waals surface area contributed by atoms with Gasteiger partial charge in [-0.25, -0.2) is 4.79 Å². The van der Waals surface area contributed by atoms with Crippen LogP contribution in [-0.2, 0) is 39.8 Å². The second-order valence-electron chi connectivity index (χ2n) is 14.6. The molecule has 1 saturated heterocycles. The molecule has 0 amide bonds. The Kier molecular flexibility index (Phi) is 8.88. The largest absolute Gasteiger partial charge is 0.458 e. The van der Waals surface area contributed by atoms with E-state index in [1.54, 1.807) is 39.0 Å². The van der Waals surface area contributed by atoms with E-state index in [0.29, 0.717) is 12.0 Å². The van der Waals surface area contributed by atoms with Crippen molar-refractivity contribution in [1.82, 2.24) is 0 Å². The molecule has 2 saturated carbocycles. The zero-order chi connectivity index (χ0) is 35.5. The molecule has 11 heteroatoms. The molecular formula is C38H44O11. The van der Waals surface area contributed by atoms with Crippen molar-refractivity contribution in [1.29, 1.82) is 0 Å². The van der Waals surface area contributed by atoms with Crippen molar-refractivity contribution in [3.63, 3.8) is 0 Å². The van der Waals surface area contributed by atoms with Crippen LogP contribution in [0.25, 0.3) is 0 Å². The summed E-state index contributed by atoms with van der Waals surface area (Å²) in [6.07, 6.45) is -6.91. The summed E-state index contributed by atoms with van der Waals surface area (Å²) in [5.74, 6) is -4.29. The quantitative estimate of drug-likeness (QED) is 0.224. The maximum Gasteiger partial charge on any atom is 0.338 e. The second kappa shape index (κ2) is 12.5. The number of benzene rings is 2. The highest BCUT2D eigenvalue weighted by Gasteiger charge is 2.78. The number of esters is 3. The predicted molar refractivity (Wildman–Crippen MR) is 174 cm³/mol. The number of hydrogen-bond donors (Lipinski definition) is 3. The Balaban J connectivity index is 1.51. The molecule has 0 spiro atoms. The van der Waals surface area contributed by atoms with Crippen molar-refractivity contribution in [2.45, 2.75) is 102 Å². The number of fused-ring (bicyclic) bond motifs is 5. The first-order chi connectivity index (χ1) is 23.1. The summed E-state index contributed by atoms with van der Waals surface area (Å²) in [4.78, 5) is 54.7. The summed E-state index contributed by atoms with van der Waals surface area (Å²) in [5, 5.41) is 37.0.